The number of nitro groups is 1. The Labute approximate surface area is 274 Å². The van der Waals surface area contributed by atoms with E-state index in [0.29, 0.717) is 34.0 Å². The molecule has 2 heterocycles. The first kappa shape index (κ1) is 35.2. The lowest BCUT2D eigenvalue weighted by Crippen LogP contribution is -2.25. The molecule has 0 aliphatic rings. The van der Waals surface area contributed by atoms with E-state index in [1.807, 2.05) is 0 Å². The van der Waals surface area contributed by atoms with E-state index in [9.17, 15) is 49.6 Å². The van der Waals surface area contributed by atoms with Crippen LogP contribution in [0.2, 0.25) is 0 Å². The Kier molecular flexibility index (Phi) is 9.42. The number of tetrazole rings is 1. The predicted octanol–water partition coefficient (Wildman–Crippen LogP) is 8.73. The SMILES string of the molecule is CCc1sc(-c2cccc([N+](=O)[O-])c2)nc1-c1ccc(C(F)(F)F)cc1CN(Cc1cc(C(F)(F)F)cc(C(F)(F)F)c1)c1nnn(C)n1. The summed E-state index contributed by atoms with van der Waals surface area (Å²) in [5, 5.41) is 23.2. The highest BCUT2D eigenvalue weighted by Crippen LogP contribution is 2.40. The highest BCUT2D eigenvalue weighted by molar-refractivity contribution is 7.15. The quantitative estimate of drug-likeness (QED) is 0.0855. The first-order valence-electron chi connectivity index (χ1n) is 14.1. The molecule has 0 atom stereocenters. The molecule has 19 heteroatoms. The van der Waals surface area contributed by atoms with Gasteiger partial charge in [0.25, 0.3) is 11.6 Å². The van der Waals surface area contributed by atoms with Gasteiger partial charge in [-0.15, -0.1) is 16.4 Å². The number of hydrogen-bond acceptors (Lipinski definition) is 8. The van der Waals surface area contributed by atoms with Crippen LogP contribution in [0, 0.1) is 10.1 Å². The van der Waals surface area contributed by atoms with Crippen LogP contribution in [0.5, 0.6) is 0 Å². The number of nitrogens with zero attached hydrogens (tertiary/aromatic N) is 7. The topological polar surface area (TPSA) is 103 Å². The second-order valence-corrected chi connectivity index (χ2v) is 11.8. The summed E-state index contributed by atoms with van der Waals surface area (Å²) >= 11 is 1.15. The number of halogens is 9. The summed E-state index contributed by atoms with van der Waals surface area (Å²) in [5.74, 6) is -0.289. The second-order valence-electron chi connectivity index (χ2n) is 10.7. The van der Waals surface area contributed by atoms with Crippen LogP contribution in [0.15, 0.2) is 60.7 Å². The van der Waals surface area contributed by atoms with Crippen LogP contribution in [0.4, 0.5) is 51.1 Å². The van der Waals surface area contributed by atoms with E-state index >= 15 is 0 Å². The summed E-state index contributed by atoms with van der Waals surface area (Å²) in [7, 11) is 1.34. The molecule has 0 amide bonds. The molecule has 0 fully saturated rings. The molecule has 0 radical (unpaired) electrons. The lowest BCUT2D eigenvalue weighted by Gasteiger charge is -2.24. The van der Waals surface area contributed by atoms with Gasteiger partial charge in [0.1, 0.15) is 5.01 Å². The molecule has 2 aromatic heterocycles. The monoisotopic (exact) mass is 715 g/mol. The molecule has 5 aromatic rings. The highest BCUT2D eigenvalue weighted by atomic mass is 32.1. The zero-order chi connectivity index (χ0) is 35.9. The average Bonchev–Trinajstić information content (AvgIpc) is 3.66. The summed E-state index contributed by atoms with van der Waals surface area (Å²) in [5.41, 5.74) is -4.18. The Morgan fingerprint density at radius 3 is 2.06 bits per heavy atom. The number of rotatable bonds is 9. The molecule has 5 rings (SSSR count). The maximum Gasteiger partial charge on any atom is 0.416 e. The zero-order valence-corrected chi connectivity index (χ0v) is 26.0. The fraction of sp³-hybridized carbons (Fsp3) is 0.267. The first-order chi connectivity index (χ1) is 22.8. The van der Waals surface area contributed by atoms with Gasteiger partial charge < -0.3 is 4.90 Å². The van der Waals surface area contributed by atoms with Gasteiger partial charge in [-0.3, -0.25) is 10.1 Å². The minimum Gasteiger partial charge on any atom is -0.330 e. The summed E-state index contributed by atoms with van der Waals surface area (Å²) in [6.45, 7) is 0.542. The number of hydrogen-bond donors (Lipinski definition) is 0. The van der Waals surface area contributed by atoms with Crippen LogP contribution in [-0.2, 0) is 45.1 Å². The third-order valence-corrected chi connectivity index (χ3v) is 8.42. The van der Waals surface area contributed by atoms with Crippen molar-refractivity contribution < 1.29 is 44.4 Å². The van der Waals surface area contributed by atoms with Crippen LogP contribution < -0.4 is 4.90 Å². The zero-order valence-electron chi connectivity index (χ0n) is 25.2. The van der Waals surface area contributed by atoms with Crippen LogP contribution in [0.1, 0.15) is 39.6 Å². The molecule has 0 saturated carbocycles. The molecular formula is C30H22F9N7O2S. The van der Waals surface area contributed by atoms with Gasteiger partial charge in [0, 0.05) is 41.2 Å². The van der Waals surface area contributed by atoms with Crippen molar-refractivity contribution in [1.29, 1.82) is 0 Å². The van der Waals surface area contributed by atoms with Crippen molar-refractivity contribution in [1.82, 2.24) is 25.2 Å². The van der Waals surface area contributed by atoms with E-state index in [2.05, 4.69) is 20.4 Å². The van der Waals surface area contributed by atoms with Crippen LogP contribution >= 0.6 is 11.3 Å². The molecule has 0 unspecified atom stereocenters. The Morgan fingerprint density at radius 2 is 1.51 bits per heavy atom. The van der Waals surface area contributed by atoms with E-state index in [1.165, 1.54) is 25.2 Å². The molecule has 0 aliphatic heterocycles. The van der Waals surface area contributed by atoms with E-state index in [4.69, 9.17) is 0 Å². The number of non-ortho nitro benzene ring substituents is 1. The summed E-state index contributed by atoms with van der Waals surface area (Å²) in [6.07, 6.45) is -14.8. The minimum absolute atomic E-state index is 0.0349. The first-order valence-corrected chi connectivity index (χ1v) is 14.9. The van der Waals surface area contributed by atoms with Gasteiger partial charge >= 0.3 is 18.5 Å². The van der Waals surface area contributed by atoms with Crippen molar-refractivity contribution in [3.05, 3.63) is 103 Å². The number of aryl methyl sites for hydroxylation is 2. The minimum atomic E-state index is -5.14. The van der Waals surface area contributed by atoms with Gasteiger partial charge in [-0.2, -0.15) is 44.3 Å². The molecule has 0 aliphatic carbocycles. The van der Waals surface area contributed by atoms with Crippen molar-refractivity contribution in [2.24, 2.45) is 7.05 Å². The number of nitro benzene ring substituents is 1. The van der Waals surface area contributed by atoms with Gasteiger partial charge in [0.2, 0.25) is 0 Å². The van der Waals surface area contributed by atoms with Crippen molar-refractivity contribution in [3.63, 3.8) is 0 Å². The van der Waals surface area contributed by atoms with Crippen molar-refractivity contribution in [2.45, 2.75) is 45.0 Å². The number of benzene rings is 3. The summed E-state index contributed by atoms with van der Waals surface area (Å²) < 4.78 is 124. The lowest BCUT2D eigenvalue weighted by atomic mass is 9.98. The molecule has 0 saturated heterocycles. The Balaban J connectivity index is 1.65. The number of anilines is 1. The summed E-state index contributed by atoms with van der Waals surface area (Å²) in [6, 6.07) is 9.37. The second kappa shape index (κ2) is 13.1. The highest BCUT2D eigenvalue weighted by Gasteiger charge is 2.37. The third kappa shape index (κ3) is 7.98. The fourth-order valence-electron chi connectivity index (χ4n) is 4.94. The Morgan fingerprint density at radius 1 is 0.857 bits per heavy atom. The van der Waals surface area contributed by atoms with Crippen LogP contribution in [-0.4, -0.2) is 30.1 Å². The average molecular weight is 716 g/mol. The van der Waals surface area contributed by atoms with Gasteiger partial charge in [0.05, 0.1) is 34.4 Å². The maximum atomic E-state index is 14.0. The molecular weight excluding hydrogens is 693 g/mol. The van der Waals surface area contributed by atoms with E-state index in [-0.39, 0.29) is 34.5 Å². The largest absolute Gasteiger partial charge is 0.416 e. The van der Waals surface area contributed by atoms with E-state index in [0.717, 1.165) is 39.2 Å². The Hall–Kier alpha value is -5.07. The summed E-state index contributed by atoms with van der Waals surface area (Å²) in [4.78, 5) is 18.0. The van der Waals surface area contributed by atoms with Gasteiger partial charge in [-0.25, -0.2) is 4.98 Å². The smallest absolute Gasteiger partial charge is 0.330 e. The van der Waals surface area contributed by atoms with Gasteiger partial charge in [-0.05, 0) is 53.1 Å². The standard InChI is InChI=1S/C30H22F9N7O2S/c1-3-24-25(40-26(49-24)17-5-4-6-22(12-17)46(47)48)23-8-7-19(28(31,32)33)11-18(23)15-45(27-41-43-44(2)42-27)14-16-9-20(29(34,35)36)13-21(10-16)30(37,38)39/h4-13H,3,14-15H2,1-2H3. The molecule has 0 N–H and O–H groups in total. The van der Waals surface area contributed by atoms with Crippen LogP contribution in [0.3, 0.4) is 0 Å². The Bertz CT molecular complexity index is 1970. The lowest BCUT2D eigenvalue weighted by molar-refractivity contribution is -0.384. The van der Waals surface area contributed by atoms with Crippen molar-refractivity contribution in [3.8, 4) is 21.8 Å². The predicted molar refractivity (Wildman–Crippen MR) is 159 cm³/mol. The normalized spacial score (nSPS) is 12.4. The third-order valence-electron chi connectivity index (χ3n) is 7.17. The molecule has 0 bridgehead atoms. The number of alkyl halides is 9. The number of thiazole rings is 1. The molecule has 3 aromatic carbocycles. The molecule has 0 spiro atoms. The molecule has 258 valence electrons. The van der Waals surface area contributed by atoms with Crippen LogP contribution in [0.25, 0.3) is 21.8 Å². The van der Waals surface area contributed by atoms with E-state index in [1.54, 1.807) is 13.0 Å². The molecule has 9 nitrogen and oxygen atoms in total. The number of aromatic nitrogens is 5. The molecule has 49 heavy (non-hydrogen) atoms. The van der Waals surface area contributed by atoms with E-state index < -0.39 is 58.8 Å². The van der Waals surface area contributed by atoms with Crippen molar-refractivity contribution >= 4 is 23.0 Å². The maximum absolute atomic E-state index is 14.0. The fourth-order valence-corrected chi connectivity index (χ4v) is 5.96. The van der Waals surface area contributed by atoms with Crippen molar-refractivity contribution in [2.75, 3.05) is 4.90 Å². The van der Waals surface area contributed by atoms with Gasteiger partial charge in [-0.1, -0.05) is 30.2 Å². The van der Waals surface area contributed by atoms with Gasteiger partial charge in [0.15, 0.2) is 0 Å².